The highest BCUT2D eigenvalue weighted by Gasteiger charge is 2.21. The molecule has 0 amide bonds. The Kier molecular flexibility index (Phi) is 25.3. The van der Waals surface area contributed by atoms with E-state index in [2.05, 4.69) is 612 Å². The van der Waals surface area contributed by atoms with E-state index in [0.29, 0.717) is 0 Å². The van der Waals surface area contributed by atoms with Crippen LogP contribution in [0.25, 0.3) is 149 Å². The second kappa shape index (κ2) is 40.4. The van der Waals surface area contributed by atoms with E-state index in [4.69, 9.17) is 0 Å². The fraction of sp³-hybridized carbons (Fsp3) is 0.0299. The van der Waals surface area contributed by atoms with Gasteiger partial charge in [-0.15, -0.1) is 0 Å². The molecule has 680 valence electrons. The molecule has 22 aromatic carbocycles. The van der Waals surface area contributed by atoms with Crippen LogP contribution in [0.4, 0.5) is 62.6 Å². The average Bonchev–Trinajstić information content (AvgIpc) is 1.59. The first-order valence-corrected chi connectivity index (χ1v) is 48.5. The minimum atomic E-state index is 1.12. The van der Waals surface area contributed by atoms with E-state index < -0.39 is 0 Å². The summed E-state index contributed by atoms with van der Waals surface area (Å²) < 4.78 is 7.12. The van der Waals surface area contributed by atoms with E-state index in [1.165, 1.54) is 160 Å². The maximum Gasteiger partial charge on any atom is 0.0561 e. The number of hydrogen-bond donors (Lipinski definition) is 0. The molecule has 0 fully saturated rings. The number of anilines is 11. The van der Waals surface area contributed by atoms with Crippen molar-refractivity contribution in [1.82, 2.24) is 13.7 Å². The lowest BCUT2D eigenvalue weighted by atomic mass is 9.98. The van der Waals surface area contributed by atoms with Crippen molar-refractivity contribution >= 4 is 139 Å². The fourth-order valence-corrected chi connectivity index (χ4v) is 19.8. The molecule has 0 bridgehead atoms. The number of fused-ring (bicyclic) bond motifs is 10. The summed E-state index contributed by atoms with van der Waals surface area (Å²) in [5.74, 6) is 0. The average molecular weight is 1830 g/mol. The number of nitrogens with zero attached hydrogens (tertiary/aromatic N) is 8. The third-order valence-electron chi connectivity index (χ3n) is 27.4. The Morgan fingerprint density at radius 3 is 0.690 bits per heavy atom. The Labute approximate surface area is 830 Å². The monoisotopic (exact) mass is 1820 g/mol. The molecule has 0 saturated carbocycles. The predicted molar refractivity (Wildman–Crippen MR) is 606 cm³/mol. The Hall–Kier alpha value is -18.5. The van der Waals surface area contributed by atoms with Gasteiger partial charge in [-0.1, -0.05) is 364 Å². The third-order valence-corrected chi connectivity index (χ3v) is 27.4. The lowest BCUT2D eigenvalue weighted by molar-refractivity contribution is 1.16. The summed E-state index contributed by atoms with van der Waals surface area (Å²) in [6.45, 7) is 0. The molecule has 0 N–H and O–H groups in total. The van der Waals surface area contributed by atoms with Crippen LogP contribution in [0.3, 0.4) is 0 Å². The topological polar surface area (TPSA) is 31.0 Å². The van der Waals surface area contributed by atoms with E-state index in [0.717, 1.165) is 51.2 Å². The molecule has 8 heteroatoms. The minimum Gasteiger partial charge on any atom is -0.345 e. The minimum absolute atomic E-state index is 1.12. The Morgan fingerprint density at radius 1 is 0.134 bits per heavy atom. The SMILES string of the molecule is CN(c1ccc(-c2cccc3ccccc23)cc1)c1ccc(-n2c3ccccc3c3ccccc32)cc1.CN(c1ccc(-c2ccccc2)cc1)c1ccc2c3ccccc3n(-c3ccc(-c4ccccc4)cc3)c2c1.CN(c1ccccc1)c1ccc(N(c2ccccc2)c2ccc(-c3ccccc3)cc2)cc1.CN(c1ccccc1)c1ccc2c3ccccc3n(-c3ccc(-c4ccccc4)cc3)c2c1. The van der Waals surface area contributed by atoms with E-state index in [1.807, 2.05) is 12.1 Å². The van der Waals surface area contributed by atoms with Gasteiger partial charge >= 0.3 is 0 Å². The first-order valence-electron chi connectivity index (χ1n) is 48.5. The van der Waals surface area contributed by atoms with Gasteiger partial charge in [-0.2, -0.15) is 0 Å². The molecule has 142 heavy (non-hydrogen) atoms. The summed E-state index contributed by atoms with van der Waals surface area (Å²) in [6.07, 6.45) is 0. The number of para-hydroxylation sites is 7. The zero-order valence-electron chi connectivity index (χ0n) is 79.7. The van der Waals surface area contributed by atoms with Crippen LogP contribution in [0, 0.1) is 0 Å². The molecule has 0 aliphatic heterocycles. The largest absolute Gasteiger partial charge is 0.345 e. The Balaban J connectivity index is 0.000000109. The van der Waals surface area contributed by atoms with Crippen LogP contribution in [0.1, 0.15) is 0 Å². The van der Waals surface area contributed by atoms with Gasteiger partial charge in [0.1, 0.15) is 0 Å². The second-order valence-corrected chi connectivity index (χ2v) is 35.8. The normalized spacial score (nSPS) is 11.1. The Morgan fingerprint density at radius 2 is 0.338 bits per heavy atom. The zero-order valence-corrected chi connectivity index (χ0v) is 79.7. The van der Waals surface area contributed by atoms with Crippen LogP contribution in [0.15, 0.2) is 558 Å². The maximum atomic E-state index is 2.38. The van der Waals surface area contributed by atoms with E-state index in [9.17, 15) is 0 Å². The van der Waals surface area contributed by atoms with E-state index in [-0.39, 0.29) is 0 Å². The molecule has 0 aliphatic carbocycles. The summed E-state index contributed by atoms with van der Waals surface area (Å²) in [6, 6.07) is 199. The standard InChI is InChI=1S/C37H28N2.C35H26N2.C31H24N2.C31H26N2/c1-38(31-20-16-29(17-21-31)27-10-4-2-5-11-27)33-24-25-35-34-14-8-9-15-36(34)39(37(35)26-33)32-22-18-30(19-23-32)28-12-6-3-7-13-28;1-36(27-19-17-26(18-20-27)31-14-8-10-25-9-2-3-11-30(25)31)28-21-23-29(24-22-28)37-34-15-6-4-12-32(34)33-13-5-7-16-35(33)37;1-32(25-12-6-3-7-13-25)27-20-21-29-28-14-8-9-15-30(28)33(31(29)22-27)26-18-16-24(17-19-26)23-10-4-2-5-11-23;1-32(27-13-7-3-8-14-27)28-21-23-31(24-22-28)33(29-15-9-4-10-16-29)30-19-17-26(18-20-30)25-11-5-2-6-12-25/h2-26H,1H3;2-24H,1H3;2-22H,1H3;2-24H,1H3. The number of hydrogen-bond acceptors (Lipinski definition) is 5. The molecule has 0 radical (unpaired) electrons. The number of benzene rings is 22. The van der Waals surface area contributed by atoms with Crippen LogP contribution >= 0.6 is 0 Å². The number of rotatable bonds is 19. The Bertz CT molecular complexity index is 8560. The molecule has 3 aromatic heterocycles. The molecule has 25 rings (SSSR count). The molecular weight excluding hydrogens is 1720 g/mol. The summed E-state index contributed by atoms with van der Waals surface area (Å²) >= 11 is 0. The summed E-state index contributed by atoms with van der Waals surface area (Å²) in [4.78, 5) is 11.2. The highest BCUT2D eigenvalue weighted by atomic mass is 15.2. The molecule has 0 aliphatic rings. The molecule has 0 atom stereocenters. The highest BCUT2D eigenvalue weighted by molar-refractivity contribution is 6.13. The van der Waals surface area contributed by atoms with Crippen LogP contribution < -0.4 is 24.5 Å². The van der Waals surface area contributed by atoms with Crippen LogP contribution in [-0.4, -0.2) is 41.9 Å². The molecule has 0 unspecified atom stereocenters. The van der Waals surface area contributed by atoms with Crippen molar-refractivity contribution < 1.29 is 0 Å². The van der Waals surface area contributed by atoms with E-state index in [1.54, 1.807) is 0 Å². The summed E-state index contributed by atoms with van der Waals surface area (Å²) in [5, 5.41) is 10.2. The van der Waals surface area contributed by atoms with Crippen molar-refractivity contribution in [3.63, 3.8) is 0 Å². The van der Waals surface area contributed by atoms with Gasteiger partial charge in [0.05, 0.1) is 33.1 Å². The molecule has 8 nitrogen and oxygen atoms in total. The highest BCUT2D eigenvalue weighted by Crippen LogP contribution is 2.44. The van der Waals surface area contributed by atoms with Crippen molar-refractivity contribution in [3.8, 4) is 72.7 Å². The predicted octanol–water partition coefficient (Wildman–Crippen LogP) is 36.1. The van der Waals surface area contributed by atoms with Gasteiger partial charge < -0.3 is 38.2 Å². The van der Waals surface area contributed by atoms with Crippen molar-refractivity contribution in [2.45, 2.75) is 0 Å². The van der Waals surface area contributed by atoms with Gasteiger partial charge in [-0.05, 0) is 261 Å². The summed E-state index contributed by atoms with van der Waals surface area (Å²) in [7, 11) is 8.49. The fourth-order valence-electron chi connectivity index (χ4n) is 19.8. The van der Waals surface area contributed by atoms with Gasteiger partial charge in [-0.3, -0.25) is 0 Å². The molecule has 3 heterocycles. The smallest absolute Gasteiger partial charge is 0.0561 e. The van der Waals surface area contributed by atoms with Crippen molar-refractivity contribution in [3.05, 3.63) is 558 Å². The van der Waals surface area contributed by atoms with Crippen molar-refractivity contribution in [1.29, 1.82) is 0 Å². The van der Waals surface area contributed by atoms with Crippen molar-refractivity contribution in [2.75, 3.05) is 52.7 Å². The van der Waals surface area contributed by atoms with Crippen molar-refractivity contribution in [2.24, 2.45) is 0 Å². The summed E-state index contributed by atoms with van der Waals surface area (Å²) in [5.41, 5.74) is 35.8. The van der Waals surface area contributed by atoms with Gasteiger partial charge in [-0.25, -0.2) is 0 Å². The van der Waals surface area contributed by atoms with Crippen LogP contribution in [0.2, 0.25) is 0 Å². The van der Waals surface area contributed by atoms with E-state index >= 15 is 0 Å². The second-order valence-electron chi connectivity index (χ2n) is 35.8. The third kappa shape index (κ3) is 18.3. The molecule has 0 spiro atoms. The quantitative estimate of drug-likeness (QED) is 0.0805. The lowest BCUT2D eigenvalue weighted by Crippen LogP contribution is -2.11. The van der Waals surface area contributed by atoms with Gasteiger partial charge in [0.25, 0.3) is 0 Å². The van der Waals surface area contributed by atoms with Crippen LogP contribution in [0.5, 0.6) is 0 Å². The van der Waals surface area contributed by atoms with Gasteiger partial charge in [0, 0.05) is 140 Å². The first kappa shape index (κ1) is 88.8. The molecule has 25 aromatic rings. The van der Waals surface area contributed by atoms with Gasteiger partial charge in [0.2, 0.25) is 0 Å². The molecular formula is C134H104N8. The lowest BCUT2D eigenvalue weighted by Gasteiger charge is -2.27. The molecule has 0 saturated heterocycles. The maximum absolute atomic E-state index is 2.38. The van der Waals surface area contributed by atoms with Gasteiger partial charge in [0.15, 0.2) is 0 Å². The van der Waals surface area contributed by atoms with Crippen LogP contribution in [-0.2, 0) is 0 Å². The zero-order chi connectivity index (χ0) is 95.6. The first-order chi connectivity index (χ1) is 70.1. The number of aromatic nitrogens is 3.